The summed E-state index contributed by atoms with van der Waals surface area (Å²) in [5, 5.41) is 0. The number of carbonyl (C=O) groups excluding carboxylic acids is 2. The van der Waals surface area contributed by atoms with Crippen molar-refractivity contribution in [2.24, 2.45) is 11.8 Å². The van der Waals surface area contributed by atoms with Crippen LogP contribution in [0.15, 0.2) is 24.3 Å². The summed E-state index contributed by atoms with van der Waals surface area (Å²) in [7, 11) is 0. The lowest BCUT2D eigenvalue weighted by atomic mass is 9.85. The molecule has 0 aliphatic heterocycles. The van der Waals surface area contributed by atoms with Crippen LogP contribution in [-0.2, 0) is 27.2 Å². The number of hydrogen-bond donors (Lipinski definition) is 0. The molecule has 2 rings (SSSR count). The van der Waals surface area contributed by atoms with E-state index in [2.05, 4.69) is 109 Å². The van der Waals surface area contributed by atoms with E-state index in [1.807, 2.05) is 26.0 Å². The van der Waals surface area contributed by atoms with Crippen LogP contribution in [0.4, 0.5) is 0 Å². The van der Waals surface area contributed by atoms with E-state index in [1.165, 1.54) is 0 Å². The Balaban J connectivity index is 2.26. The zero-order chi connectivity index (χ0) is 27.5. The lowest BCUT2D eigenvalue weighted by Gasteiger charge is -2.21. The Hall–Kier alpha value is 0.1000. The van der Waals surface area contributed by atoms with Crippen molar-refractivity contribution in [2.75, 3.05) is 19.8 Å². The van der Waals surface area contributed by atoms with Crippen molar-refractivity contribution in [1.29, 1.82) is 0 Å². The molecular weight excluding hydrogens is 924 g/mol. The largest absolute Gasteiger partial charge is 0.492 e. The van der Waals surface area contributed by atoms with Crippen LogP contribution >= 0.6 is 90.4 Å². The summed E-state index contributed by atoms with van der Waals surface area (Å²) in [5.74, 6) is 0.903. The van der Waals surface area contributed by atoms with Crippen molar-refractivity contribution >= 4 is 102 Å². The van der Waals surface area contributed by atoms with E-state index in [-0.39, 0.29) is 24.1 Å². The van der Waals surface area contributed by atoms with E-state index in [0.29, 0.717) is 32.7 Å². The standard InChI is InChI=1S/C28H34I4O5/c1-5-9-19(10-17-12-21(29)26(35-6-2)22(30)13-17)25(33)16-20(28(34)37-8-4)11-18-14-23(31)27(36-7-3)24(32)15-18/h12-15,19-20H,5-11,16H2,1-4H3/t19-,20+/m0/s1. The molecule has 2 aromatic carbocycles. The van der Waals surface area contributed by atoms with Crippen LogP contribution in [0, 0.1) is 26.1 Å². The molecule has 0 amide bonds. The average molecular weight is 958 g/mol. The van der Waals surface area contributed by atoms with Crippen LogP contribution in [0.5, 0.6) is 11.5 Å². The topological polar surface area (TPSA) is 61.8 Å². The van der Waals surface area contributed by atoms with Crippen molar-refractivity contribution in [1.82, 2.24) is 0 Å². The summed E-state index contributed by atoms with van der Waals surface area (Å²) in [6.45, 7) is 9.34. The minimum absolute atomic E-state index is 0.120. The number of carbonyl (C=O) groups is 2. The lowest BCUT2D eigenvalue weighted by molar-refractivity contribution is -0.150. The van der Waals surface area contributed by atoms with Gasteiger partial charge in [0, 0.05) is 12.3 Å². The zero-order valence-corrected chi connectivity index (χ0v) is 30.3. The number of ether oxygens (including phenoxy) is 3. The molecule has 0 aliphatic rings. The van der Waals surface area contributed by atoms with Crippen molar-refractivity contribution in [3.63, 3.8) is 0 Å². The van der Waals surface area contributed by atoms with E-state index in [0.717, 1.165) is 49.7 Å². The van der Waals surface area contributed by atoms with Crippen molar-refractivity contribution in [3.8, 4) is 11.5 Å². The van der Waals surface area contributed by atoms with Gasteiger partial charge >= 0.3 is 5.97 Å². The van der Waals surface area contributed by atoms with Gasteiger partial charge in [-0.25, -0.2) is 0 Å². The molecule has 0 aromatic heterocycles. The molecule has 37 heavy (non-hydrogen) atoms. The smallest absolute Gasteiger partial charge is 0.309 e. The van der Waals surface area contributed by atoms with Gasteiger partial charge in [-0.15, -0.1) is 0 Å². The van der Waals surface area contributed by atoms with Gasteiger partial charge in [0.2, 0.25) is 0 Å². The van der Waals surface area contributed by atoms with Crippen LogP contribution in [-0.4, -0.2) is 31.6 Å². The van der Waals surface area contributed by atoms with Crippen molar-refractivity contribution in [3.05, 3.63) is 49.7 Å². The van der Waals surface area contributed by atoms with Gasteiger partial charge in [0.25, 0.3) is 0 Å². The molecule has 0 bridgehead atoms. The van der Waals surface area contributed by atoms with Crippen LogP contribution in [0.1, 0.15) is 58.1 Å². The van der Waals surface area contributed by atoms with Gasteiger partial charge < -0.3 is 14.2 Å². The molecule has 0 saturated carbocycles. The van der Waals surface area contributed by atoms with Crippen LogP contribution in [0.2, 0.25) is 0 Å². The Morgan fingerprint density at radius 3 is 1.51 bits per heavy atom. The highest BCUT2D eigenvalue weighted by molar-refractivity contribution is 14.1. The Morgan fingerprint density at radius 2 is 1.14 bits per heavy atom. The molecule has 9 heteroatoms. The minimum atomic E-state index is -0.517. The molecule has 0 aliphatic carbocycles. The number of ketones is 1. The highest BCUT2D eigenvalue weighted by atomic mass is 127. The van der Waals surface area contributed by atoms with E-state index in [4.69, 9.17) is 14.2 Å². The second-order valence-corrected chi connectivity index (χ2v) is 13.3. The highest BCUT2D eigenvalue weighted by Gasteiger charge is 2.28. The van der Waals surface area contributed by atoms with Gasteiger partial charge in [-0.05, 0) is 166 Å². The quantitative estimate of drug-likeness (QED) is 0.133. The van der Waals surface area contributed by atoms with Crippen LogP contribution in [0.3, 0.4) is 0 Å². The van der Waals surface area contributed by atoms with Crippen molar-refractivity contribution < 1.29 is 23.8 Å². The fourth-order valence-corrected chi connectivity index (χ4v) is 8.64. The third kappa shape index (κ3) is 10.2. The average Bonchev–Trinajstić information content (AvgIpc) is 2.83. The first-order chi connectivity index (χ1) is 17.6. The van der Waals surface area contributed by atoms with Gasteiger partial charge in [0.05, 0.1) is 40.0 Å². The molecule has 0 fully saturated rings. The normalized spacial score (nSPS) is 12.6. The van der Waals surface area contributed by atoms with Crippen LogP contribution in [0.25, 0.3) is 0 Å². The Labute approximate surface area is 275 Å². The first kappa shape index (κ1) is 33.3. The number of benzene rings is 2. The summed E-state index contributed by atoms with van der Waals surface area (Å²) in [5.41, 5.74) is 2.12. The van der Waals surface area contributed by atoms with E-state index in [9.17, 15) is 9.59 Å². The molecule has 2 atom stereocenters. The molecule has 0 unspecified atom stereocenters. The first-order valence-corrected chi connectivity index (χ1v) is 16.9. The number of rotatable bonds is 15. The second kappa shape index (κ2) is 17.0. The number of hydrogen-bond acceptors (Lipinski definition) is 5. The maximum atomic E-state index is 13.6. The molecule has 0 N–H and O–H groups in total. The third-order valence-electron chi connectivity index (χ3n) is 5.82. The van der Waals surface area contributed by atoms with Gasteiger partial charge in [0.15, 0.2) is 0 Å². The van der Waals surface area contributed by atoms with Gasteiger partial charge in [-0.1, -0.05) is 13.3 Å². The SMILES string of the molecule is CCC[C@@H](Cc1cc(I)c(OCC)c(I)c1)C(=O)C[C@@H](Cc1cc(I)c(OCC)c(I)c1)C(=O)OCC. The van der Waals surface area contributed by atoms with Gasteiger partial charge in [0.1, 0.15) is 17.3 Å². The summed E-state index contributed by atoms with van der Waals surface area (Å²) in [4.78, 5) is 26.5. The maximum Gasteiger partial charge on any atom is 0.309 e. The van der Waals surface area contributed by atoms with Gasteiger partial charge in [-0.3, -0.25) is 9.59 Å². The summed E-state index contributed by atoms with van der Waals surface area (Å²) >= 11 is 9.12. The zero-order valence-electron chi connectivity index (χ0n) is 21.7. The Kier molecular flexibility index (Phi) is 15.3. The van der Waals surface area contributed by atoms with E-state index in [1.54, 1.807) is 6.92 Å². The predicted molar refractivity (Wildman–Crippen MR) is 182 cm³/mol. The minimum Gasteiger partial charge on any atom is -0.492 e. The monoisotopic (exact) mass is 958 g/mol. The number of halogens is 4. The third-order valence-corrected chi connectivity index (χ3v) is 9.02. The molecule has 2 aromatic rings. The molecule has 0 saturated heterocycles. The number of esters is 1. The molecule has 5 nitrogen and oxygen atoms in total. The van der Waals surface area contributed by atoms with Crippen molar-refractivity contribution in [2.45, 2.75) is 59.8 Å². The Bertz CT molecular complexity index is 1030. The lowest BCUT2D eigenvalue weighted by Crippen LogP contribution is -2.27. The number of Topliss-reactive ketones (excluding diaryl/α,β-unsaturated/α-hetero) is 1. The summed E-state index contributed by atoms with van der Waals surface area (Å²) in [6, 6.07) is 8.29. The fourth-order valence-electron chi connectivity index (χ4n) is 4.23. The second-order valence-electron chi connectivity index (χ2n) is 8.66. The Morgan fingerprint density at radius 1 is 0.703 bits per heavy atom. The summed E-state index contributed by atoms with van der Waals surface area (Å²) < 4.78 is 21.0. The highest BCUT2D eigenvalue weighted by Crippen LogP contribution is 2.32. The molecular formula is C28H34I4O5. The predicted octanol–water partition coefficient (Wildman–Crippen LogP) is 8.24. The van der Waals surface area contributed by atoms with Gasteiger partial charge in [-0.2, -0.15) is 0 Å². The first-order valence-electron chi connectivity index (χ1n) is 12.6. The molecule has 0 heterocycles. The van der Waals surface area contributed by atoms with E-state index >= 15 is 0 Å². The summed E-state index contributed by atoms with van der Waals surface area (Å²) in [6.07, 6.45) is 2.98. The molecule has 0 radical (unpaired) electrons. The molecule has 0 spiro atoms. The van der Waals surface area contributed by atoms with Crippen LogP contribution < -0.4 is 9.47 Å². The maximum absolute atomic E-state index is 13.6. The van der Waals surface area contributed by atoms with E-state index < -0.39 is 5.92 Å². The fraction of sp³-hybridized carbons (Fsp3) is 0.500. The molecule has 204 valence electrons.